The van der Waals surface area contributed by atoms with Crippen LogP contribution in [0.15, 0.2) is 29.2 Å². The standard InChI is InChI=1S/C20H23NO3S2/c1-4-24-20(23)17-15-9-8-12(2)10-16(15)26-19(17)21-18(22)13-6-5-7-14(11-13)25-3/h5-7,11-12H,4,8-10H2,1-3H3,(H,21,22)/t12-/m1/s1. The summed E-state index contributed by atoms with van der Waals surface area (Å²) in [6.45, 7) is 4.34. The average Bonchev–Trinajstić information content (AvgIpc) is 2.98. The van der Waals surface area contributed by atoms with Gasteiger partial charge >= 0.3 is 5.97 Å². The highest BCUT2D eigenvalue weighted by Gasteiger charge is 2.29. The van der Waals surface area contributed by atoms with Crippen LogP contribution in [0.2, 0.25) is 0 Å². The number of thiophene rings is 1. The van der Waals surface area contributed by atoms with Gasteiger partial charge in [0.1, 0.15) is 5.00 Å². The highest BCUT2D eigenvalue weighted by atomic mass is 32.2. The molecule has 0 unspecified atom stereocenters. The van der Waals surface area contributed by atoms with Crippen LogP contribution in [0, 0.1) is 5.92 Å². The molecule has 0 saturated carbocycles. The van der Waals surface area contributed by atoms with Crippen LogP contribution in [-0.2, 0) is 17.6 Å². The quantitative estimate of drug-likeness (QED) is 0.576. The second-order valence-corrected chi connectivity index (χ2v) is 8.45. The van der Waals surface area contributed by atoms with Crippen LogP contribution in [0.4, 0.5) is 5.00 Å². The number of hydrogen-bond donors (Lipinski definition) is 1. The molecule has 138 valence electrons. The molecule has 1 aromatic carbocycles. The fraction of sp³-hybridized carbons (Fsp3) is 0.400. The number of rotatable bonds is 5. The lowest BCUT2D eigenvalue weighted by Gasteiger charge is -2.18. The molecule has 6 heteroatoms. The summed E-state index contributed by atoms with van der Waals surface area (Å²) in [5.74, 6) is 0.0591. The van der Waals surface area contributed by atoms with E-state index in [0.717, 1.165) is 29.7 Å². The van der Waals surface area contributed by atoms with Crippen LogP contribution in [0.25, 0.3) is 0 Å². The summed E-state index contributed by atoms with van der Waals surface area (Å²) in [4.78, 5) is 27.5. The Morgan fingerprint density at radius 1 is 1.38 bits per heavy atom. The molecular formula is C20H23NO3S2. The summed E-state index contributed by atoms with van der Waals surface area (Å²) in [6.07, 6.45) is 4.84. The predicted molar refractivity (Wildman–Crippen MR) is 108 cm³/mol. The van der Waals surface area contributed by atoms with Gasteiger partial charge in [0, 0.05) is 15.3 Å². The molecule has 1 aromatic heterocycles. The van der Waals surface area contributed by atoms with Crippen molar-refractivity contribution in [3.8, 4) is 0 Å². The van der Waals surface area contributed by atoms with Crippen molar-refractivity contribution in [2.45, 2.75) is 38.0 Å². The number of amides is 1. The highest BCUT2D eigenvalue weighted by molar-refractivity contribution is 7.98. The van der Waals surface area contributed by atoms with Gasteiger partial charge in [-0.2, -0.15) is 0 Å². The third-order valence-corrected chi connectivity index (χ3v) is 6.45. The SMILES string of the molecule is CCOC(=O)c1c(NC(=O)c2cccc(SC)c2)sc2c1CC[C@@H](C)C2. The molecule has 1 N–H and O–H groups in total. The summed E-state index contributed by atoms with van der Waals surface area (Å²) in [7, 11) is 0. The zero-order valence-electron chi connectivity index (χ0n) is 15.3. The van der Waals surface area contributed by atoms with E-state index in [4.69, 9.17) is 4.74 Å². The zero-order valence-corrected chi connectivity index (χ0v) is 16.9. The fourth-order valence-corrected chi connectivity index (χ4v) is 5.05. The molecule has 1 atom stereocenters. The van der Waals surface area contributed by atoms with Crippen molar-refractivity contribution in [2.75, 3.05) is 18.2 Å². The van der Waals surface area contributed by atoms with Gasteiger partial charge in [-0.1, -0.05) is 13.0 Å². The van der Waals surface area contributed by atoms with Crippen molar-refractivity contribution in [1.82, 2.24) is 0 Å². The van der Waals surface area contributed by atoms with Crippen LogP contribution >= 0.6 is 23.1 Å². The lowest BCUT2D eigenvalue weighted by molar-refractivity contribution is 0.0526. The number of nitrogens with one attached hydrogen (secondary N) is 1. The number of ether oxygens (including phenoxy) is 1. The Morgan fingerprint density at radius 2 is 2.19 bits per heavy atom. The van der Waals surface area contributed by atoms with Gasteiger partial charge in [0.2, 0.25) is 0 Å². The molecule has 1 aliphatic carbocycles. The van der Waals surface area contributed by atoms with Gasteiger partial charge in [0.15, 0.2) is 0 Å². The third kappa shape index (κ3) is 3.96. The zero-order chi connectivity index (χ0) is 18.7. The minimum absolute atomic E-state index is 0.196. The van der Waals surface area contributed by atoms with Gasteiger partial charge in [-0.05, 0) is 62.1 Å². The number of benzene rings is 1. The minimum Gasteiger partial charge on any atom is -0.462 e. The highest BCUT2D eigenvalue weighted by Crippen LogP contribution is 2.40. The monoisotopic (exact) mass is 389 g/mol. The summed E-state index contributed by atoms with van der Waals surface area (Å²) in [5.41, 5.74) is 2.19. The lowest BCUT2D eigenvalue weighted by atomic mass is 9.88. The van der Waals surface area contributed by atoms with Crippen LogP contribution in [0.3, 0.4) is 0 Å². The van der Waals surface area contributed by atoms with E-state index >= 15 is 0 Å². The van der Waals surface area contributed by atoms with E-state index in [9.17, 15) is 9.59 Å². The van der Waals surface area contributed by atoms with Crippen LogP contribution in [0.5, 0.6) is 0 Å². The predicted octanol–water partition coefficient (Wildman–Crippen LogP) is 5.02. The second-order valence-electron chi connectivity index (χ2n) is 6.46. The summed E-state index contributed by atoms with van der Waals surface area (Å²) < 4.78 is 5.26. The molecule has 1 amide bonds. The fourth-order valence-electron chi connectivity index (χ4n) is 3.20. The minimum atomic E-state index is -0.340. The van der Waals surface area contributed by atoms with Crippen molar-refractivity contribution in [3.05, 3.63) is 45.8 Å². The Labute approximate surface area is 162 Å². The smallest absolute Gasteiger partial charge is 0.341 e. The Bertz CT molecular complexity index is 828. The molecule has 26 heavy (non-hydrogen) atoms. The number of fused-ring (bicyclic) bond motifs is 1. The Morgan fingerprint density at radius 3 is 2.92 bits per heavy atom. The van der Waals surface area contributed by atoms with Gasteiger partial charge in [-0.15, -0.1) is 23.1 Å². The number of thioether (sulfide) groups is 1. The largest absolute Gasteiger partial charge is 0.462 e. The summed E-state index contributed by atoms with van der Waals surface area (Å²) >= 11 is 3.11. The van der Waals surface area contributed by atoms with E-state index in [-0.39, 0.29) is 11.9 Å². The molecule has 3 rings (SSSR count). The molecule has 2 aromatic rings. The summed E-state index contributed by atoms with van der Waals surface area (Å²) in [6, 6.07) is 7.49. The van der Waals surface area contributed by atoms with E-state index in [1.165, 1.54) is 16.2 Å². The Hall–Kier alpha value is -1.79. The topological polar surface area (TPSA) is 55.4 Å². The first kappa shape index (κ1) is 19.0. The van der Waals surface area contributed by atoms with Crippen molar-refractivity contribution >= 4 is 40.0 Å². The number of carbonyl (C=O) groups is 2. The first-order chi connectivity index (χ1) is 12.5. The molecule has 0 saturated heterocycles. The van der Waals surface area contributed by atoms with E-state index in [1.807, 2.05) is 24.5 Å². The Balaban J connectivity index is 1.93. The van der Waals surface area contributed by atoms with E-state index < -0.39 is 0 Å². The van der Waals surface area contributed by atoms with Crippen LogP contribution < -0.4 is 5.32 Å². The normalized spacial score (nSPS) is 16.0. The molecule has 1 aliphatic rings. The average molecular weight is 390 g/mol. The van der Waals surface area contributed by atoms with Crippen LogP contribution in [-0.4, -0.2) is 24.7 Å². The molecule has 4 nitrogen and oxygen atoms in total. The molecule has 1 heterocycles. The van der Waals surface area contributed by atoms with Crippen molar-refractivity contribution in [1.29, 1.82) is 0 Å². The maximum Gasteiger partial charge on any atom is 0.341 e. The maximum absolute atomic E-state index is 12.7. The number of esters is 1. The first-order valence-electron chi connectivity index (χ1n) is 8.80. The van der Waals surface area contributed by atoms with Gasteiger partial charge in [-0.3, -0.25) is 4.79 Å². The van der Waals surface area contributed by atoms with Gasteiger partial charge < -0.3 is 10.1 Å². The molecule has 0 bridgehead atoms. The van der Waals surface area contributed by atoms with Crippen molar-refractivity contribution in [2.24, 2.45) is 5.92 Å². The number of carbonyl (C=O) groups excluding carboxylic acids is 2. The first-order valence-corrected chi connectivity index (χ1v) is 10.8. The maximum atomic E-state index is 12.7. The molecule has 0 aliphatic heterocycles. The van der Waals surface area contributed by atoms with Gasteiger partial charge in [0.05, 0.1) is 12.2 Å². The van der Waals surface area contributed by atoms with Crippen molar-refractivity contribution in [3.63, 3.8) is 0 Å². The second kappa shape index (κ2) is 8.27. The molecule has 0 fully saturated rings. The Kier molecular flexibility index (Phi) is 6.04. The number of hydrogen-bond acceptors (Lipinski definition) is 5. The molecule has 0 radical (unpaired) electrons. The van der Waals surface area contributed by atoms with Crippen LogP contribution in [0.1, 0.15) is 51.4 Å². The van der Waals surface area contributed by atoms with Crippen molar-refractivity contribution < 1.29 is 14.3 Å². The van der Waals surface area contributed by atoms with E-state index in [1.54, 1.807) is 24.8 Å². The number of anilines is 1. The van der Waals surface area contributed by atoms with Gasteiger partial charge in [0.25, 0.3) is 5.91 Å². The van der Waals surface area contributed by atoms with E-state index in [2.05, 4.69) is 12.2 Å². The molecular weight excluding hydrogens is 366 g/mol. The van der Waals surface area contributed by atoms with E-state index in [0.29, 0.717) is 28.7 Å². The van der Waals surface area contributed by atoms with Gasteiger partial charge in [-0.25, -0.2) is 4.79 Å². The summed E-state index contributed by atoms with van der Waals surface area (Å²) in [5, 5.41) is 3.57. The lowest BCUT2D eigenvalue weighted by Crippen LogP contribution is -2.16. The third-order valence-electron chi connectivity index (χ3n) is 4.55. The molecule has 0 spiro atoms.